The molecule has 2 amide bonds. The average Bonchev–Trinajstić information content (AvgIpc) is 3.17. The van der Waals surface area contributed by atoms with Gasteiger partial charge in [0.15, 0.2) is 0 Å². The number of nitrogens with zero attached hydrogens (tertiary/aromatic N) is 1. The smallest absolute Gasteiger partial charge is 0.252 e. The van der Waals surface area contributed by atoms with E-state index in [-0.39, 0.29) is 23.7 Å². The van der Waals surface area contributed by atoms with E-state index in [1.54, 1.807) is 17.0 Å². The molecule has 136 valence electrons. The second-order valence-electron chi connectivity index (χ2n) is 6.71. The Morgan fingerprint density at radius 2 is 1.96 bits per heavy atom. The minimum Gasteiger partial charge on any atom is -0.368 e. The molecular formula is C19H25FN2O3. The van der Waals surface area contributed by atoms with Gasteiger partial charge in [0.1, 0.15) is 18.0 Å². The molecule has 5 nitrogen and oxygen atoms in total. The van der Waals surface area contributed by atoms with Crippen LogP contribution in [0, 0.1) is 5.82 Å². The van der Waals surface area contributed by atoms with Crippen molar-refractivity contribution in [3.63, 3.8) is 0 Å². The molecule has 1 N–H and O–H groups in total. The lowest BCUT2D eigenvalue weighted by Crippen LogP contribution is -2.54. The first-order valence-electron chi connectivity index (χ1n) is 9.09. The molecule has 0 spiro atoms. The summed E-state index contributed by atoms with van der Waals surface area (Å²) < 4.78 is 18.4. The number of carbonyl (C=O) groups excluding carboxylic acids is 2. The van der Waals surface area contributed by atoms with Crippen LogP contribution in [-0.2, 0) is 20.7 Å². The van der Waals surface area contributed by atoms with Crippen LogP contribution in [0.5, 0.6) is 0 Å². The second-order valence-corrected chi connectivity index (χ2v) is 6.71. The van der Waals surface area contributed by atoms with Gasteiger partial charge in [-0.25, -0.2) is 4.39 Å². The predicted molar refractivity (Wildman–Crippen MR) is 91.4 cm³/mol. The number of likely N-dealkylation sites (tertiary alicyclic amines) is 1. The van der Waals surface area contributed by atoms with Crippen molar-refractivity contribution in [3.05, 3.63) is 35.6 Å². The molecule has 1 aromatic rings. The highest BCUT2D eigenvalue weighted by Crippen LogP contribution is 2.22. The van der Waals surface area contributed by atoms with E-state index in [0.717, 1.165) is 31.2 Å². The first kappa shape index (κ1) is 17.9. The fourth-order valence-electron chi connectivity index (χ4n) is 3.52. The molecule has 6 heteroatoms. The minimum absolute atomic E-state index is 0.0455. The van der Waals surface area contributed by atoms with Crippen LogP contribution in [0.1, 0.15) is 37.7 Å². The number of amides is 2. The Kier molecular flexibility index (Phi) is 6.02. The molecule has 3 rings (SSSR count). The predicted octanol–water partition coefficient (Wildman–Crippen LogP) is 2.04. The zero-order chi connectivity index (χ0) is 17.6. The minimum atomic E-state index is -0.404. The van der Waals surface area contributed by atoms with E-state index < -0.39 is 6.04 Å². The number of benzene rings is 1. The second kappa shape index (κ2) is 8.43. The number of carbonyl (C=O) groups is 2. The van der Waals surface area contributed by atoms with Gasteiger partial charge in [-0.15, -0.1) is 0 Å². The standard InChI is InChI=1S/C19H25FN2O3/c20-15-8-6-14(7-9-15)10-11-21-18(23)16-4-1-2-12-22(16)19(24)17-5-3-13-25-17/h6-9,16-17H,1-5,10-13H2,(H,21,23)/t16-,17-/m0/s1. The van der Waals surface area contributed by atoms with Gasteiger partial charge >= 0.3 is 0 Å². The van der Waals surface area contributed by atoms with Crippen molar-refractivity contribution in [3.8, 4) is 0 Å². The van der Waals surface area contributed by atoms with Gasteiger partial charge in [0.2, 0.25) is 5.91 Å². The van der Waals surface area contributed by atoms with Gasteiger partial charge in [0.25, 0.3) is 5.91 Å². The van der Waals surface area contributed by atoms with Crippen LogP contribution < -0.4 is 5.32 Å². The van der Waals surface area contributed by atoms with Crippen LogP contribution in [0.15, 0.2) is 24.3 Å². The maximum absolute atomic E-state index is 12.9. The summed E-state index contributed by atoms with van der Waals surface area (Å²) in [6.45, 7) is 1.72. The number of rotatable bonds is 5. The molecule has 2 atom stereocenters. The van der Waals surface area contributed by atoms with Crippen molar-refractivity contribution >= 4 is 11.8 Å². The summed E-state index contributed by atoms with van der Waals surface area (Å²) in [4.78, 5) is 26.9. The summed E-state index contributed by atoms with van der Waals surface area (Å²) in [6.07, 6.45) is 4.47. The molecule has 0 saturated carbocycles. The van der Waals surface area contributed by atoms with Gasteiger partial charge < -0.3 is 15.0 Å². The van der Waals surface area contributed by atoms with Crippen LogP contribution >= 0.6 is 0 Å². The molecule has 2 heterocycles. The van der Waals surface area contributed by atoms with Crippen molar-refractivity contribution in [2.45, 2.75) is 50.7 Å². The van der Waals surface area contributed by atoms with Crippen LogP contribution in [-0.4, -0.2) is 48.6 Å². The number of hydrogen-bond acceptors (Lipinski definition) is 3. The van der Waals surface area contributed by atoms with Gasteiger partial charge in [-0.1, -0.05) is 12.1 Å². The van der Waals surface area contributed by atoms with Crippen molar-refractivity contribution in [1.29, 1.82) is 0 Å². The number of piperidine rings is 1. The van der Waals surface area contributed by atoms with Crippen molar-refractivity contribution in [1.82, 2.24) is 10.2 Å². The molecule has 2 aliphatic heterocycles. The number of ether oxygens (including phenoxy) is 1. The largest absolute Gasteiger partial charge is 0.368 e. The molecule has 2 aliphatic rings. The van der Waals surface area contributed by atoms with E-state index >= 15 is 0 Å². The molecular weight excluding hydrogens is 323 g/mol. The highest BCUT2D eigenvalue weighted by atomic mass is 19.1. The van der Waals surface area contributed by atoms with Crippen LogP contribution in [0.25, 0.3) is 0 Å². The van der Waals surface area contributed by atoms with Gasteiger partial charge in [0, 0.05) is 19.7 Å². The van der Waals surface area contributed by atoms with E-state index in [4.69, 9.17) is 4.74 Å². The van der Waals surface area contributed by atoms with Gasteiger partial charge in [-0.3, -0.25) is 9.59 Å². The highest BCUT2D eigenvalue weighted by Gasteiger charge is 2.36. The lowest BCUT2D eigenvalue weighted by molar-refractivity contribution is -0.149. The molecule has 0 bridgehead atoms. The Morgan fingerprint density at radius 1 is 1.16 bits per heavy atom. The van der Waals surface area contributed by atoms with E-state index in [0.29, 0.717) is 32.5 Å². The Bertz CT molecular complexity index is 599. The number of halogens is 1. The van der Waals surface area contributed by atoms with E-state index in [9.17, 15) is 14.0 Å². The van der Waals surface area contributed by atoms with Gasteiger partial charge in [-0.05, 0) is 56.2 Å². The molecule has 25 heavy (non-hydrogen) atoms. The summed E-state index contributed by atoms with van der Waals surface area (Å²) >= 11 is 0. The third-order valence-corrected chi connectivity index (χ3v) is 4.92. The average molecular weight is 348 g/mol. The fraction of sp³-hybridized carbons (Fsp3) is 0.579. The van der Waals surface area contributed by atoms with E-state index in [1.807, 2.05) is 0 Å². The summed E-state index contributed by atoms with van der Waals surface area (Å²) in [6, 6.07) is 5.87. The zero-order valence-corrected chi connectivity index (χ0v) is 14.4. The Labute approximate surface area is 147 Å². The molecule has 1 aromatic carbocycles. The molecule has 0 aliphatic carbocycles. The van der Waals surface area contributed by atoms with Crippen molar-refractivity contribution < 1.29 is 18.7 Å². The van der Waals surface area contributed by atoms with E-state index in [2.05, 4.69) is 5.32 Å². The third kappa shape index (κ3) is 4.57. The van der Waals surface area contributed by atoms with Crippen LogP contribution in [0.3, 0.4) is 0 Å². The Hall–Kier alpha value is -1.95. The van der Waals surface area contributed by atoms with Crippen molar-refractivity contribution in [2.24, 2.45) is 0 Å². The fourth-order valence-corrected chi connectivity index (χ4v) is 3.52. The topological polar surface area (TPSA) is 58.6 Å². The number of hydrogen-bond donors (Lipinski definition) is 1. The van der Waals surface area contributed by atoms with E-state index in [1.165, 1.54) is 12.1 Å². The maximum Gasteiger partial charge on any atom is 0.252 e. The Balaban J connectivity index is 1.53. The van der Waals surface area contributed by atoms with Crippen molar-refractivity contribution in [2.75, 3.05) is 19.7 Å². The summed E-state index contributed by atoms with van der Waals surface area (Å²) in [5.74, 6) is -0.415. The summed E-state index contributed by atoms with van der Waals surface area (Å²) in [5.41, 5.74) is 0.970. The zero-order valence-electron chi connectivity index (χ0n) is 14.4. The summed E-state index contributed by atoms with van der Waals surface area (Å²) in [5, 5.41) is 2.92. The molecule has 0 aromatic heterocycles. The molecule has 0 unspecified atom stereocenters. The first-order chi connectivity index (χ1) is 12.1. The monoisotopic (exact) mass is 348 g/mol. The van der Waals surface area contributed by atoms with Gasteiger partial charge in [0.05, 0.1) is 0 Å². The normalized spacial score (nSPS) is 23.5. The first-order valence-corrected chi connectivity index (χ1v) is 9.09. The Morgan fingerprint density at radius 3 is 2.68 bits per heavy atom. The SMILES string of the molecule is O=C(NCCc1ccc(F)cc1)[C@@H]1CCCCN1C(=O)[C@@H]1CCCO1. The molecule has 0 radical (unpaired) electrons. The number of nitrogens with one attached hydrogen (secondary N) is 1. The lowest BCUT2D eigenvalue weighted by Gasteiger charge is -2.36. The van der Waals surface area contributed by atoms with Gasteiger partial charge in [-0.2, -0.15) is 0 Å². The highest BCUT2D eigenvalue weighted by molar-refractivity contribution is 5.89. The quantitative estimate of drug-likeness (QED) is 0.886. The lowest BCUT2D eigenvalue weighted by atomic mass is 10.00. The maximum atomic E-state index is 12.9. The van der Waals surface area contributed by atoms with Crippen LogP contribution in [0.4, 0.5) is 4.39 Å². The third-order valence-electron chi connectivity index (χ3n) is 4.92. The van der Waals surface area contributed by atoms with Crippen LogP contribution in [0.2, 0.25) is 0 Å². The summed E-state index contributed by atoms with van der Waals surface area (Å²) in [7, 11) is 0. The molecule has 2 fully saturated rings. The molecule has 2 saturated heterocycles.